The van der Waals surface area contributed by atoms with Gasteiger partial charge in [0.05, 0.1) is 6.61 Å². The molecule has 0 saturated carbocycles. The fraction of sp³-hybridized carbons (Fsp3) is 1.00. The summed E-state index contributed by atoms with van der Waals surface area (Å²) < 4.78 is 27.9. The molecule has 0 radical (unpaired) electrons. The fourth-order valence-corrected chi connectivity index (χ4v) is 4.54. The number of hydrogen-bond donors (Lipinski definition) is 1. The molecule has 0 amide bonds. The van der Waals surface area contributed by atoms with Crippen LogP contribution in [0.3, 0.4) is 0 Å². The summed E-state index contributed by atoms with van der Waals surface area (Å²) in [5, 5.41) is 9.22. The van der Waals surface area contributed by atoms with Crippen molar-refractivity contribution in [3.63, 3.8) is 0 Å². The van der Waals surface area contributed by atoms with Crippen LogP contribution in [0.5, 0.6) is 0 Å². The van der Waals surface area contributed by atoms with Crippen molar-refractivity contribution in [3.05, 3.63) is 0 Å². The van der Waals surface area contributed by atoms with Crippen molar-refractivity contribution in [2.24, 2.45) is 5.92 Å². The molecule has 2 heterocycles. The molecule has 0 spiro atoms. The SMILES string of the molecule is CC1CCN(S(=O)(=O)N2CCC[C@H]2CO)CC1. The van der Waals surface area contributed by atoms with Gasteiger partial charge in [0.25, 0.3) is 10.2 Å². The van der Waals surface area contributed by atoms with Gasteiger partial charge >= 0.3 is 0 Å². The first-order chi connectivity index (χ1) is 8.05. The lowest BCUT2D eigenvalue weighted by atomic mass is 10.0. The molecular formula is C11H22N2O3S. The van der Waals surface area contributed by atoms with Crippen molar-refractivity contribution in [3.8, 4) is 0 Å². The van der Waals surface area contributed by atoms with Crippen molar-refractivity contribution in [2.75, 3.05) is 26.2 Å². The Morgan fingerprint density at radius 2 is 1.82 bits per heavy atom. The van der Waals surface area contributed by atoms with Crippen molar-refractivity contribution >= 4 is 10.2 Å². The first-order valence-electron chi connectivity index (χ1n) is 6.43. The minimum Gasteiger partial charge on any atom is -0.395 e. The average molecular weight is 262 g/mol. The van der Waals surface area contributed by atoms with E-state index in [2.05, 4.69) is 6.92 Å². The van der Waals surface area contributed by atoms with Crippen molar-refractivity contribution < 1.29 is 13.5 Å². The first kappa shape index (κ1) is 13.3. The third-order valence-corrected chi connectivity index (χ3v) is 5.99. The molecule has 6 heteroatoms. The van der Waals surface area contributed by atoms with E-state index in [9.17, 15) is 13.5 Å². The van der Waals surface area contributed by atoms with Gasteiger partial charge in [0.15, 0.2) is 0 Å². The summed E-state index contributed by atoms with van der Waals surface area (Å²) >= 11 is 0. The molecule has 1 N–H and O–H groups in total. The number of piperidine rings is 1. The van der Waals surface area contributed by atoms with E-state index in [-0.39, 0.29) is 12.6 Å². The van der Waals surface area contributed by atoms with Crippen LogP contribution >= 0.6 is 0 Å². The van der Waals surface area contributed by atoms with Gasteiger partial charge < -0.3 is 5.11 Å². The molecule has 0 aromatic rings. The molecule has 100 valence electrons. The van der Waals surface area contributed by atoms with Gasteiger partial charge in [-0.05, 0) is 31.6 Å². The first-order valence-corrected chi connectivity index (χ1v) is 7.83. The van der Waals surface area contributed by atoms with E-state index in [1.54, 1.807) is 4.31 Å². The number of rotatable bonds is 3. The molecule has 2 fully saturated rings. The standard InChI is InChI=1S/C11H22N2O3S/c1-10-4-7-12(8-5-10)17(15,16)13-6-2-3-11(13)9-14/h10-11,14H,2-9H2,1H3/t11-/m0/s1. The highest BCUT2D eigenvalue weighted by molar-refractivity contribution is 7.86. The molecule has 17 heavy (non-hydrogen) atoms. The third-order valence-electron chi connectivity index (χ3n) is 3.90. The van der Waals surface area contributed by atoms with Crippen LogP contribution in [0.4, 0.5) is 0 Å². The number of nitrogens with zero attached hydrogens (tertiary/aromatic N) is 2. The van der Waals surface area contributed by atoms with E-state index in [0.717, 1.165) is 25.7 Å². The Hall–Kier alpha value is -0.170. The molecule has 2 aliphatic rings. The van der Waals surface area contributed by atoms with Crippen molar-refractivity contribution in [2.45, 2.75) is 38.6 Å². The van der Waals surface area contributed by atoms with Gasteiger partial charge in [0.2, 0.25) is 0 Å². The maximum absolute atomic E-state index is 12.4. The maximum atomic E-state index is 12.4. The summed E-state index contributed by atoms with van der Waals surface area (Å²) in [7, 11) is -3.34. The van der Waals surface area contributed by atoms with E-state index in [1.807, 2.05) is 0 Å². The highest BCUT2D eigenvalue weighted by Crippen LogP contribution is 2.26. The zero-order valence-corrected chi connectivity index (χ0v) is 11.2. The highest BCUT2D eigenvalue weighted by Gasteiger charge is 2.38. The lowest BCUT2D eigenvalue weighted by Gasteiger charge is -2.34. The Morgan fingerprint density at radius 1 is 1.18 bits per heavy atom. The van der Waals surface area contributed by atoms with Gasteiger partial charge in [-0.15, -0.1) is 0 Å². The predicted octanol–water partition coefficient (Wildman–Crippen LogP) is 0.420. The Morgan fingerprint density at radius 3 is 2.41 bits per heavy atom. The molecule has 5 nitrogen and oxygen atoms in total. The Labute approximate surface area is 104 Å². The summed E-state index contributed by atoms with van der Waals surface area (Å²) in [6.45, 7) is 3.90. The smallest absolute Gasteiger partial charge is 0.282 e. The van der Waals surface area contributed by atoms with Crippen LogP contribution in [0, 0.1) is 5.92 Å². The lowest BCUT2D eigenvalue weighted by Crippen LogP contribution is -2.49. The van der Waals surface area contributed by atoms with Crippen LogP contribution in [0.15, 0.2) is 0 Å². The largest absolute Gasteiger partial charge is 0.395 e. The number of hydrogen-bond acceptors (Lipinski definition) is 3. The van der Waals surface area contributed by atoms with Crippen molar-refractivity contribution in [1.29, 1.82) is 0 Å². The van der Waals surface area contributed by atoms with Gasteiger partial charge in [0.1, 0.15) is 0 Å². The van der Waals surface area contributed by atoms with Gasteiger partial charge in [0, 0.05) is 25.7 Å². The zero-order chi connectivity index (χ0) is 12.5. The van der Waals surface area contributed by atoms with Crippen LogP contribution in [-0.4, -0.2) is 54.4 Å². The van der Waals surface area contributed by atoms with Gasteiger partial charge in [-0.3, -0.25) is 0 Å². The monoisotopic (exact) mass is 262 g/mol. The predicted molar refractivity (Wildman–Crippen MR) is 65.7 cm³/mol. The summed E-state index contributed by atoms with van der Waals surface area (Å²) in [5.41, 5.74) is 0. The van der Waals surface area contributed by atoms with E-state index >= 15 is 0 Å². The zero-order valence-electron chi connectivity index (χ0n) is 10.4. The quantitative estimate of drug-likeness (QED) is 0.802. The molecule has 0 bridgehead atoms. The van der Waals surface area contributed by atoms with E-state index < -0.39 is 10.2 Å². The minimum absolute atomic E-state index is 0.0660. The summed E-state index contributed by atoms with van der Waals surface area (Å²) in [4.78, 5) is 0. The lowest BCUT2D eigenvalue weighted by molar-refractivity contribution is 0.199. The molecule has 2 rings (SSSR count). The summed E-state index contributed by atoms with van der Waals surface area (Å²) in [6, 6.07) is -0.209. The molecule has 0 unspecified atom stereocenters. The molecule has 0 aromatic carbocycles. The number of aliphatic hydroxyl groups excluding tert-OH is 1. The average Bonchev–Trinajstić information content (AvgIpc) is 2.78. The topological polar surface area (TPSA) is 60.9 Å². The van der Waals surface area contributed by atoms with Crippen LogP contribution in [0.1, 0.15) is 32.6 Å². The van der Waals surface area contributed by atoms with Crippen LogP contribution in [-0.2, 0) is 10.2 Å². The minimum atomic E-state index is -3.34. The van der Waals surface area contributed by atoms with Crippen LogP contribution in [0.2, 0.25) is 0 Å². The molecule has 2 aliphatic heterocycles. The van der Waals surface area contributed by atoms with Crippen LogP contribution in [0.25, 0.3) is 0 Å². The second-order valence-electron chi connectivity index (χ2n) is 5.18. The molecule has 1 atom stereocenters. The highest BCUT2D eigenvalue weighted by atomic mass is 32.2. The number of aliphatic hydroxyl groups is 1. The van der Waals surface area contributed by atoms with Crippen molar-refractivity contribution in [1.82, 2.24) is 8.61 Å². The van der Waals surface area contributed by atoms with Gasteiger partial charge in [-0.2, -0.15) is 17.0 Å². The molecular weight excluding hydrogens is 240 g/mol. The Bertz CT molecular complexity index is 350. The maximum Gasteiger partial charge on any atom is 0.282 e. The molecule has 0 aliphatic carbocycles. The molecule has 0 aromatic heterocycles. The van der Waals surface area contributed by atoms with E-state index in [4.69, 9.17) is 0 Å². The second-order valence-corrected chi connectivity index (χ2v) is 7.06. The molecule has 2 saturated heterocycles. The second kappa shape index (κ2) is 5.22. The normalized spacial score (nSPS) is 29.9. The Kier molecular flexibility index (Phi) is 4.07. The van der Waals surface area contributed by atoms with Crippen LogP contribution < -0.4 is 0 Å². The third kappa shape index (κ3) is 2.65. The van der Waals surface area contributed by atoms with Gasteiger partial charge in [-0.1, -0.05) is 6.92 Å². The fourth-order valence-electron chi connectivity index (χ4n) is 2.66. The summed E-state index contributed by atoms with van der Waals surface area (Å²) in [6.07, 6.45) is 3.52. The Balaban J connectivity index is 2.07. The summed E-state index contributed by atoms with van der Waals surface area (Å²) in [5.74, 6) is 0.619. The van der Waals surface area contributed by atoms with E-state index in [1.165, 1.54) is 4.31 Å². The van der Waals surface area contributed by atoms with Gasteiger partial charge in [-0.25, -0.2) is 0 Å². The van der Waals surface area contributed by atoms with E-state index in [0.29, 0.717) is 25.6 Å².